The number of benzene rings is 1. The standard InChI is InChI=1S/C18H25NO/c1-4-14-16(13-9-5-6-10-15(13)20-14)17(19-3)18(2)11-7-8-12-18/h5-6,9-10,17,19H,4,7-8,11-12H2,1-3H3. The Kier molecular flexibility index (Phi) is 3.59. The number of aryl methyl sites for hydroxylation is 1. The highest BCUT2D eigenvalue weighted by Gasteiger charge is 2.39. The van der Waals surface area contributed by atoms with Crippen molar-refractivity contribution in [2.75, 3.05) is 7.05 Å². The zero-order chi connectivity index (χ0) is 14.2. The number of para-hydroxylation sites is 1. The minimum absolute atomic E-state index is 0.352. The number of hydrogen-bond donors (Lipinski definition) is 1. The van der Waals surface area contributed by atoms with Crippen LogP contribution in [0.25, 0.3) is 11.0 Å². The van der Waals surface area contributed by atoms with Gasteiger partial charge in [-0.15, -0.1) is 0 Å². The maximum atomic E-state index is 6.10. The Labute approximate surface area is 121 Å². The van der Waals surface area contributed by atoms with Crippen molar-refractivity contribution in [3.05, 3.63) is 35.6 Å². The smallest absolute Gasteiger partial charge is 0.134 e. The van der Waals surface area contributed by atoms with Crippen LogP contribution in [0.15, 0.2) is 28.7 Å². The van der Waals surface area contributed by atoms with Crippen molar-refractivity contribution < 1.29 is 4.42 Å². The van der Waals surface area contributed by atoms with Gasteiger partial charge in [0.25, 0.3) is 0 Å². The van der Waals surface area contributed by atoms with E-state index >= 15 is 0 Å². The first-order valence-electron chi connectivity index (χ1n) is 7.87. The van der Waals surface area contributed by atoms with Gasteiger partial charge < -0.3 is 9.73 Å². The summed E-state index contributed by atoms with van der Waals surface area (Å²) >= 11 is 0. The van der Waals surface area contributed by atoms with Gasteiger partial charge in [-0.3, -0.25) is 0 Å². The lowest BCUT2D eigenvalue weighted by molar-refractivity contribution is 0.232. The molecular formula is C18H25NO. The molecule has 1 aromatic heterocycles. The third-order valence-electron chi connectivity index (χ3n) is 5.05. The summed E-state index contributed by atoms with van der Waals surface area (Å²) in [6.07, 6.45) is 6.28. The summed E-state index contributed by atoms with van der Waals surface area (Å²) in [6, 6.07) is 8.85. The second-order valence-corrected chi connectivity index (χ2v) is 6.37. The minimum Gasteiger partial charge on any atom is -0.461 e. The Morgan fingerprint density at radius 3 is 2.60 bits per heavy atom. The molecule has 0 spiro atoms. The maximum absolute atomic E-state index is 6.10. The summed E-state index contributed by atoms with van der Waals surface area (Å²) in [5, 5.41) is 4.88. The lowest BCUT2D eigenvalue weighted by Crippen LogP contribution is -2.32. The molecule has 2 heteroatoms. The molecule has 0 aliphatic heterocycles. The molecule has 1 unspecified atom stereocenters. The van der Waals surface area contributed by atoms with Crippen LogP contribution in [-0.2, 0) is 6.42 Å². The van der Waals surface area contributed by atoms with E-state index in [1.165, 1.54) is 36.6 Å². The van der Waals surface area contributed by atoms with Crippen LogP contribution in [0.5, 0.6) is 0 Å². The van der Waals surface area contributed by atoms with Crippen molar-refractivity contribution >= 4 is 11.0 Å². The molecule has 1 N–H and O–H groups in total. The van der Waals surface area contributed by atoms with Gasteiger partial charge in [-0.05, 0) is 31.4 Å². The van der Waals surface area contributed by atoms with Gasteiger partial charge in [-0.2, -0.15) is 0 Å². The molecule has 20 heavy (non-hydrogen) atoms. The Morgan fingerprint density at radius 2 is 1.95 bits per heavy atom. The van der Waals surface area contributed by atoms with Crippen LogP contribution in [0.1, 0.15) is 56.9 Å². The summed E-state index contributed by atoms with van der Waals surface area (Å²) in [6.45, 7) is 4.62. The molecule has 1 aromatic carbocycles. The van der Waals surface area contributed by atoms with E-state index in [2.05, 4.69) is 50.5 Å². The highest BCUT2D eigenvalue weighted by Crippen LogP contribution is 2.49. The lowest BCUT2D eigenvalue weighted by atomic mass is 9.76. The highest BCUT2D eigenvalue weighted by atomic mass is 16.3. The Morgan fingerprint density at radius 1 is 1.25 bits per heavy atom. The SMILES string of the molecule is CCc1oc2ccccc2c1C(NC)C1(C)CCCC1. The van der Waals surface area contributed by atoms with Crippen molar-refractivity contribution in [1.82, 2.24) is 5.32 Å². The quantitative estimate of drug-likeness (QED) is 0.861. The molecule has 0 bridgehead atoms. The van der Waals surface area contributed by atoms with E-state index in [-0.39, 0.29) is 0 Å². The lowest BCUT2D eigenvalue weighted by Gasteiger charge is -2.34. The summed E-state index contributed by atoms with van der Waals surface area (Å²) in [7, 11) is 2.09. The number of furan rings is 1. The zero-order valence-corrected chi connectivity index (χ0v) is 12.8. The van der Waals surface area contributed by atoms with Crippen LogP contribution in [0.4, 0.5) is 0 Å². The molecule has 1 aliphatic carbocycles. The van der Waals surface area contributed by atoms with Crippen LogP contribution in [-0.4, -0.2) is 7.05 Å². The van der Waals surface area contributed by atoms with Gasteiger partial charge in [0.1, 0.15) is 11.3 Å². The van der Waals surface area contributed by atoms with E-state index in [9.17, 15) is 0 Å². The third kappa shape index (κ3) is 2.07. The first-order valence-corrected chi connectivity index (χ1v) is 7.87. The van der Waals surface area contributed by atoms with Gasteiger partial charge in [0.05, 0.1) is 0 Å². The summed E-state index contributed by atoms with van der Waals surface area (Å²) in [5.74, 6) is 1.15. The second-order valence-electron chi connectivity index (χ2n) is 6.37. The molecule has 0 saturated heterocycles. The monoisotopic (exact) mass is 271 g/mol. The minimum atomic E-state index is 0.352. The van der Waals surface area contributed by atoms with Gasteiger partial charge in [0, 0.05) is 23.4 Å². The molecule has 108 valence electrons. The zero-order valence-electron chi connectivity index (χ0n) is 12.8. The molecule has 1 fully saturated rings. The van der Waals surface area contributed by atoms with E-state index in [1.54, 1.807) is 0 Å². The predicted octanol–water partition coefficient (Wildman–Crippen LogP) is 4.84. The van der Waals surface area contributed by atoms with E-state index in [1.807, 2.05) is 0 Å². The summed E-state index contributed by atoms with van der Waals surface area (Å²) in [4.78, 5) is 0. The maximum Gasteiger partial charge on any atom is 0.134 e. The molecular weight excluding hydrogens is 246 g/mol. The number of nitrogens with one attached hydrogen (secondary N) is 1. The van der Waals surface area contributed by atoms with Gasteiger partial charge in [0.15, 0.2) is 0 Å². The first-order chi connectivity index (χ1) is 9.69. The molecule has 1 aliphatic rings. The van der Waals surface area contributed by atoms with Crippen LogP contribution < -0.4 is 5.32 Å². The van der Waals surface area contributed by atoms with Gasteiger partial charge in [0.2, 0.25) is 0 Å². The topological polar surface area (TPSA) is 25.2 Å². The van der Waals surface area contributed by atoms with E-state index in [4.69, 9.17) is 4.42 Å². The molecule has 2 aromatic rings. The van der Waals surface area contributed by atoms with Gasteiger partial charge in [-0.25, -0.2) is 0 Å². The Hall–Kier alpha value is -1.28. The fourth-order valence-electron chi connectivity index (χ4n) is 4.01. The predicted molar refractivity (Wildman–Crippen MR) is 84.0 cm³/mol. The van der Waals surface area contributed by atoms with Crippen LogP contribution in [0, 0.1) is 5.41 Å². The van der Waals surface area contributed by atoms with Crippen molar-refractivity contribution in [1.29, 1.82) is 0 Å². The number of hydrogen-bond acceptors (Lipinski definition) is 2. The molecule has 1 heterocycles. The fourth-order valence-corrected chi connectivity index (χ4v) is 4.01. The normalized spacial score (nSPS) is 19.6. The third-order valence-corrected chi connectivity index (χ3v) is 5.05. The molecule has 1 saturated carbocycles. The molecule has 0 radical (unpaired) electrons. The number of rotatable bonds is 4. The van der Waals surface area contributed by atoms with Crippen molar-refractivity contribution in [2.24, 2.45) is 5.41 Å². The van der Waals surface area contributed by atoms with Crippen LogP contribution in [0.3, 0.4) is 0 Å². The Bertz CT molecular complexity index is 592. The van der Waals surface area contributed by atoms with Gasteiger partial charge >= 0.3 is 0 Å². The first kappa shape index (κ1) is 13.7. The van der Waals surface area contributed by atoms with E-state index in [0.29, 0.717) is 11.5 Å². The van der Waals surface area contributed by atoms with Crippen LogP contribution >= 0.6 is 0 Å². The summed E-state index contributed by atoms with van der Waals surface area (Å²) < 4.78 is 6.10. The average molecular weight is 271 g/mol. The molecule has 0 amide bonds. The van der Waals surface area contributed by atoms with E-state index < -0.39 is 0 Å². The van der Waals surface area contributed by atoms with Crippen molar-refractivity contribution in [3.8, 4) is 0 Å². The molecule has 3 rings (SSSR count). The number of fused-ring (bicyclic) bond motifs is 1. The van der Waals surface area contributed by atoms with Crippen LogP contribution in [0.2, 0.25) is 0 Å². The average Bonchev–Trinajstić information content (AvgIpc) is 3.05. The van der Waals surface area contributed by atoms with Crippen molar-refractivity contribution in [2.45, 2.75) is 52.0 Å². The second kappa shape index (κ2) is 5.25. The fraction of sp³-hybridized carbons (Fsp3) is 0.556. The van der Waals surface area contributed by atoms with E-state index in [0.717, 1.165) is 17.8 Å². The molecule has 1 atom stereocenters. The highest BCUT2D eigenvalue weighted by molar-refractivity contribution is 5.83. The van der Waals surface area contributed by atoms with Crippen molar-refractivity contribution in [3.63, 3.8) is 0 Å². The molecule has 2 nitrogen and oxygen atoms in total. The van der Waals surface area contributed by atoms with Gasteiger partial charge in [-0.1, -0.05) is 44.9 Å². The summed E-state index contributed by atoms with van der Waals surface area (Å²) in [5.41, 5.74) is 2.78. The largest absolute Gasteiger partial charge is 0.461 e. The Balaban J connectivity index is 2.15.